The third-order valence-corrected chi connectivity index (χ3v) is 4.30. The molecule has 0 saturated carbocycles. The van der Waals surface area contributed by atoms with E-state index in [0.717, 1.165) is 24.2 Å². The van der Waals surface area contributed by atoms with E-state index >= 15 is 0 Å². The highest BCUT2D eigenvalue weighted by atomic mass is 16.2. The highest BCUT2D eigenvalue weighted by molar-refractivity contribution is 5.95. The number of pyridine rings is 1. The zero-order valence-electron chi connectivity index (χ0n) is 14.4. The van der Waals surface area contributed by atoms with E-state index in [2.05, 4.69) is 20.3 Å². The van der Waals surface area contributed by atoms with Gasteiger partial charge < -0.3 is 10.2 Å². The monoisotopic (exact) mass is 339 g/mol. The van der Waals surface area contributed by atoms with Crippen molar-refractivity contribution in [2.24, 2.45) is 0 Å². The Balaban J connectivity index is 1.82. The molecule has 25 heavy (non-hydrogen) atoms. The number of hydrogen-bond donors (Lipinski definition) is 1. The molecule has 130 valence electrons. The maximum Gasteiger partial charge on any atom is 0.256 e. The second kappa shape index (κ2) is 7.38. The fourth-order valence-electron chi connectivity index (χ4n) is 3.03. The fourth-order valence-corrected chi connectivity index (χ4v) is 3.03. The van der Waals surface area contributed by atoms with Gasteiger partial charge in [-0.1, -0.05) is 0 Å². The lowest BCUT2D eigenvalue weighted by Crippen LogP contribution is -2.32. The minimum absolute atomic E-state index is 0.0380. The van der Waals surface area contributed by atoms with Crippen LogP contribution in [-0.2, 0) is 11.3 Å². The molecule has 1 unspecified atom stereocenters. The Hall–Kier alpha value is -2.83. The van der Waals surface area contributed by atoms with Gasteiger partial charge in [-0.3, -0.25) is 14.6 Å². The van der Waals surface area contributed by atoms with Crippen LogP contribution < -0.4 is 5.32 Å². The average molecular weight is 339 g/mol. The first-order valence-electron chi connectivity index (χ1n) is 8.35. The van der Waals surface area contributed by atoms with Gasteiger partial charge in [0, 0.05) is 31.6 Å². The van der Waals surface area contributed by atoms with E-state index < -0.39 is 0 Å². The number of aryl methyl sites for hydroxylation is 1. The van der Waals surface area contributed by atoms with E-state index in [0.29, 0.717) is 24.5 Å². The highest BCUT2D eigenvalue weighted by Crippen LogP contribution is 2.31. The summed E-state index contributed by atoms with van der Waals surface area (Å²) < 4.78 is 0. The van der Waals surface area contributed by atoms with Crippen LogP contribution in [0.1, 0.15) is 53.4 Å². The molecule has 3 heterocycles. The van der Waals surface area contributed by atoms with Crippen LogP contribution in [0.2, 0.25) is 0 Å². The van der Waals surface area contributed by atoms with E-state index in [1.807, 2.05) is 11.8 Å². The summed E-state index contributed by atoms with van der Waals surface area (Å²) in [5, 5.41) is 2.73. The summed E-state index contributed by atoms with van der Waals surface area (Å²) in [5.41, 5.74) is 2.07. The minimum Gasteiger partial charge on any atom is -0.351 e. The van der Waals surface area contributed by atoms with Crippen molar-refractivity contribution in [1.29, 1.82) is 0 Å². The molecule has 1 aliphatic heterocycles. The van der Waals surface area contributed by atoms with Gasteiger partial charge in [-0.15, -0.1) is 0 Å². The summed E-state index contributed by atoms with van der Waals surface area (Å²) in [7, 11) is 0. The first-order valence-corrected chi connectivity index (χ1v) is 8.35. The van der Waals surface area contributed by atoms with Gasteiger partial charge in [0.1, 0.15) is 0 Å². The van der Waals surface area contributed by atoms with Crippen LogP contribution in [-0.4, -0.2) is 38.2 Å². The second-order valence-corrected chi connectivity index (χ2v) is 6.11. The van der Waals surface area contributed by atoms with E-state index in [1.165, 1.54) is 6.92 Å². The largest absolute Gasteiger partial charge is 0.351 e. The number of hydrogen-bond acceptors (Lipinski definition) is 5. The van der Waals surface area contributed by atoms with Crippen LogP contribution in [0.25, 0.3) is 0 Å². The van der Waals surface area contributed by atoms with E-state index in [1.54, 1.807) is 30.6 Å². The lowest BCUT2D eigenvalue weighted by Gasteiger charge is -2.24. The first kappa shape index (κ1) is 17.0. The van der Waals surface area contributed by atoms with Gasteiger partial charge in [-0.2, -0.15) is 0 Å². The van der Waals surface area contributed by atoms with Gasteiger partial charge >= 0.3 is 0 Å². The summed E-state index contributed by atoms with van der Waals surface area (Å²) >= 11 is 0. The summed E-state index contributed by atoms with van der Waals surface area (Å²) in [6.45, 7) is 4.34. The number of rotatable bonds is 4. The van der Waals surface area contributed by atoms with E-state index in [9.17, 15) is 9.59 Å². The summed E-state index contributed by atoms with van der Waals surface area (Å²) in [6, 6.07) is 5.19. The van der Waals surface area contributed by atoms with Crippen molar-refractivity contribution in [3.05, 3.63) is 53.4 Å². The van der Waals surface area contributed by atoms with Crippen molar-refractivity contribution < 1.29 is 9.59 Å². The number of nitrogens with zero attached hydrogens (tertiary/aromatic N) is 4. The molecular weight excluding hydrogens is 318 g/mol. The topological polar surface area (TPSA) is 88.1 Å². The Morgan fingerprint density at radius 1 is 1.28 bits per heavy atom. The zero-order chi connectivity index (χ0) is 17.8. The molecule has 0 aliphatic carbocycles. The Labute approximate surface area is 146 Å². The third-order valence-electron chi connectivity index (χ3n) is 4.30. The molecule has 1 atom stereocenters. The van der Waals surface area contributed by atoms with Crippen LogP contribution in [0.5, 0.6) is 0 Å². The molecule has 2 amide bonds. The third kappa shape index (κ3) is 3.81. The summed E-state index contributed by atoms with van der Waals surface area (Å²) in [5.74, 6) is 0.476. The van der Waals surface area contributed by atoms with E-state index in [-0.39, 0.29) is 17.9 Å². The normalized spacial score (nSPS) is 16.7. The molecule has 0 bridgehead atoms. The van der Waals surface area contributed by atoms with Crippen LogP contribution >= 0.6 is 0 Å². The minimum atomic E-state index is -0.149. The number of amides is 2. The van der Waals surface area contributed by atoms with Gasteiger partial charge in [-0.25, -0.2) is 9.97 Å². The number of carbonyl (C=O) groups excluding carboxylic acids is 2. The number of carbonyl (C=O) groups is 2. The maximum absolute atomic E-state index is 12.9. The van der Waals surface area contributed by atoms with Gasteiger partial charge in [-0.05, 0) is 38.0 Å². The first-order chi connectivity index (χ1) is 12.1. The van der Waals surface area contributed by atoms with Gasteiger partial charge in [0.05, 0.1) is 23.8 Å². The van der Waals surface area contributed by atoms with Crippen molar-refractivity contribution in [2.45, 2.75) is 39.3 Å². The van der Waals surface area contributed by atoms with Crippen LogP contribution in [0.4, 0.5) is 0 Å². The molecule has 1 fully saturated rings. The number of nitrogens with one attached hydrogen (secondary N) is 1. The SMILES string of the molecule is CC(=O)NCc1ccnc(C2CCCN2C(=O)c2cccnc2C)n1. The molecule has 0 spiro atoms. The predicted octanol–water partition coefficient (Wildman–Crippen LogP) is 1.79. The van der Waals surface area contributed by atoms with E-state index in [4.69, 9.17) is 0 Å². The molecular formula is C18H21N5O2. The molecule has 7 heteroatoms. The lowest BCUT2D eigenvalue weighted by atomic mass is 10.1. The highest BCUT2D eigenvalue weighted by Gasteiger charge is 2.33. The van der Waals surface area contributed by atoms with Gasteiger partial charge in [0.25, 0.3) is 5.91 Å². The summed E-state index contributed by atoms with van der Waals surface area (Å²) in [4.78, 5) is 38.9. The zero-order valence-corrected chi connectivity index (χ0v) is 14.4. The Kier molecular flexibility index (Phi) is 5.02. The molecule has 1 aliphatic rings. The Morgan fingerprint density at radius 2 is 2.12 bits per heavy atom. The Morgan fingerprint density at radius 3 is 2.88 bits per heavy atom. The Bertz CT molecular complexity index is 793. The molecule has 1 saturated heterocycles. The summed E-state index contributed by atoms with van der Waals surface area (Å²) in [6.07, 6.45) is 5.10. The fraction of sp³-hybridized carbons (Fsp3) is 0.389. The molecule has 7 nitrogen and oxygen atoms in total. The van der Waals surface area contributed by atoms with Crippen molar-refractivity contribution in [3.8, 4) is 0 Å². The lowest BCUT2D eigenvalue weighted by molar-refractivity contribution is -0.119. The van der Waals surface area contributed by atoms with Crippen LogP contribution in [0.3, 0.4) is 0 Å². The molecule has 2 aromatic rings. The smallest absolute Gasteiger partial charge is 0.256 e. The maximum atomic E-state index is 12.9. The number of aromatic nitrogens is 3. The average Bonchev–Trinajstić information content (AvgIpc) is 3.10. The van der Waals surface area contributed by atoms with Crippen molar-refractivity contribution >= 4 is 11.8 Å². The standard InChI is InChI=1S/C18H21N5O2/c1-12-15(5-3-8-19-12)18(25)23-10-4-6-16(23)17-20-9-7-14(22-17)11-21-13(2)24/h3,5,7-9,16H,4,6,10-11H2,1-2H3,(H,21,24). The van der Waals surface area contributed by atoms with Crippen molar-refractivity contribution in [3.63, 3.8) is 0 Å². The van der Waals surface area contributed by atoms with Gasteiger partial charge in [0.15, 0.2) is 5.82 Å². The molecule has 3 rings (SSSR count). The predicted molar refractivity (Wildman–Crippen MR) is 91.5 cm³/mol. The van der Waals surface area contributed by atoms with Gasteiger partial charge in [0.2, 0.25) is 5.91 Å². The van der Waals surface area contributed by atoms with Crippen molar-refractivity contribution in [1.82, 2.24) is 25.2 Å². The van der Waals surface area contributed by atoms with Crippen LogP contribution in [0.15, 0.2) is 30.6 Å². The van der Waals surface area contributed by atoms with Crippen molar-refractivity contribution in [2.75, 3.05) is 6.54 Å². The molecule has 2 aromatic heterocycles. The molecule has 0 aromatic carbocycles. The quantitative estimate of drug-likeness (QED) is 0.917. The van der Waals surface area contributed by atoms with Crippen LogP contribution in [0, 0.1) is 6.92 Å². The molecule has 0 radical (unpaired) electrons. The number of likely N-dealkylation sites (tertiary alicyclic amines) is 1. The second-order valence-electron chi connectivity index (χ2n) is 6.11. The molecule has 1 N–H and O–H groups in total.